The lowest BCUT2D eigenvalue weighted by molar-refractivity contribution is -0.387. The maximum Gasteiger partial charge on any atom is 0.339 e. The lowest BCUT2D eigenvalue weighted by Crippen LogP contribution is -2.22. The number of anilines is 1. The number of nitrogens with zero attached hydrogens (tertiary/aromatic N) is 2. The van der Waals surface area contributed by atoms with Crippen molar-refractivity contribution in [2.75, 3.05) is 18.2 Å². The average Bonchev–Trinajstić information content (AvgIpc) is 3.29. The van der Waals surface area contributed by atoms with Crippen LogP contribution < -0.4 is 5.32 Å². The van der Waals surface area contributed by atoms with Crippen LogP contribution in [0.5, 0.6) is 0 Å². The summed E-state index contributed by atoms with van der Waals surface area (Å²) in [5.74, 6) is -1.97. The van der Waals surface area contributed by atoms with Crippen molar-refractivity contribution < 1.29 is 28.6 Å². The molecule has 3 aromatic rings. The Labute approximate surface area is 179 Å². The number of amides is 1. The highest BCUT2D eigenvalue weighted by Crippen LogP contribution is 2.29. The minimum Gasteiger partial charge on any atom is -0.452 e. The van der Waals surface area contributed by atoms with Crippen molar-refractivity contribution in [2.45, 2.75) is 4.90 Å². The fourth-order valence-electron chi connectivity index (χ4n) is 2.65. The number of nitrogens with one attached hydrogen (secondary N) is 1. The Hall–Kier alpha value is -3.99. The zero-order chi connectivity index (χ0) is 22.4. The molecule has 0 spiro atoms. The molecule has 1 amide bonds. The van der Waals surface area contributed by atoms with Crippen LogP contribution in [0.1, 0.15) is 26.3 Å². The van der Waals surface area contributed by atoms with Gasteiger partial charge in [0.1, 0.15) is 6.26 Å². The summed E-state index contributed by atoms with van der Waals surface area (Å²) in [6.07, 6.45) is 2.95. The summed E-state index contributed by atoms with van der Waals surface area (Å²) in [6, 6.07) is 11.4. The van der Waals surface area contributed by atoms with E-state index in [0.717, 1.165) is 0 Å². The number of aromatic nitrogens is 1. The Bertz CT molecular complexity index is 1150. The number of hydrogen-bond donors (Lipinski definition) is 1. The first-order valence-corrected chi connectivity index (χ1v) is 9.96. The van der Waals surface area contributed by atoms with Crippen molar-refractivity contribution in [2.24, 2.45) is 0 Å². The summed E-state index contributed by atoms with van der Waals surface area (Å²) >= 11 is 1.18. The van der Waals surface area contributed by atoms with E-state index in [1.807, 2.05) is 0 Å². The molecule has 1 N–H and O–H groups in total. The molecule has 11 heteroatoms. The minimum absolute atomic E-state index is 0.00407. The monoisotopic (exact) mass is 441 g/mol. The summed E-state index contributed by atoms with van der Waals surface area (Å²) in [4.78, 5) is 48.4. The van der Waals surface area contributed by atoms with Crippen molar-refractivity contribution in [3.63, 3.8) is 0 Å². The van der Waals surface area contributed by atoms with Gasteiger partial charge in [0.25, 0.3) is 11.6 Å². The normalized spacial score (nSPS) is 10.4. The van der Waals surface area contributed by atoms with Crippen LogP contribution in [-0.4, -0.2) is 40.6 Å². The largest absolute Gasteiger partial charge is 0.452 e. The molecule has 0 aliphatic heterocycles. The molecule has 0 bridgehead atoms. The van der Waals surface area contributed by atoms with E-state index in [9.17, 15) is 24.5 Å². The molecule has 2 aromatic carbocycles. The molecule has 0 saturated carbocycles. The van der Waals surface area contributed by atoms with Gasteiger partial charge in [-0.3, -0.25) is 19.7 Å². The second-order valence-corrected chi connectivity index (χ2v) is 6.88. The van der Waals surface area contributed by atoms with Gasteiger partial charge in [-0.2, -0.15) is 0 Å². The topological polar surface area (TPSA) is 142 Å². The van der Waals surface area contributed by atoms with Gasteiger partial charge in [-0.05, 0) is 24.5 Å². The predicted molar refractivity (Wildman–Crippen MR) is 110 cm³/mol. The van der Waals surface area contributed by atoms with Gasteiger partial charge in [-0.1, -0.05) is 23.4 Å². The maximum atomic E-state index is 13.0. The Balaban J connectivity index is 1.78. The molecule has 0 atom stereocenters. The van der Waals surface area contributed by atoms with Crippen molar-refractivity contribution >= 4 is 40.9 Å². The zero-order valence-electron chi connectivity index (χ0n) is 16.1. The Morgan fingerprint density at radius 2 is 1.90 bits per heavy atom. The van der Waals surface area contributed by atoms with E-state index in [1.54, 1.807) is 12.3 Å². The average molecular weight is 441 g/mol. The first kappa shape index (κ1) is 21.7. The van der Waals surface area contributed by atoms with Gasteiger partial charge in [0.2, 0.25) is 0 Å². The van der Waals surface area contributed by atoms with Crippen LogP contribution in [0.15, 0.2) is 64.2 Å². The fraction of sp³-hybridized carbons (Fsp3) is 0.100. The Morgan fingerprint density at radius 1 is 1.16 bits per heavy atom. The zero-order valence-corrected chi connectivity index (χ0v) is 16.9. The van der Waals surface area contributed by atoms with Crippen LogP contribution in [0, 0.1) is 10.1 Å². The molecule has 3 rings (SSSR count). The fourth-order valence-corrected chi connectivity index (χ4v) is 3.20. The molecule has 1 aromatic heterocycles. The number of ether oxygens (including phenoxy) is 1. The van der Waals surface area contributed by atoms with Gasteiger partial charge in [0, 0.05) is 23.3 Å². The number of carbonyl (C=O) groups is 3. The molecule has 10 nitrogen and oxygen atoms in total. The molecule has 0 radical (unpaired) electrons. The third-order valence-corrected chi connectivity index (χ3v) is 4.85. The molecule has 0 aliphatic carbocycles. The SMILES string of the molecule is CSc1ccc(C(=O)c2ccccc2C(=O)OCC(=O)Nc2ccon2)cc1[N+](=O)[O-]. The number of benzene rings is 2. The standard InChI is InChI=1S/C20H15N3O7S/c1-31-16-7-6-12(10-15(16)23(27)28)19(25)13-4-2-3-5-14(13)20(26)29-11-18(24)21-17-8-9-30-22-17/h2-10H,11H2,1H3,(H,21,22,24). The second-order valence-electron chi connectivity index (χ2n) is 6.03. The lowest BCUT2D eigenvalue weighted by Gasteiger charge is -2.09. The van der Waals surface area contributed by atoms with E-state index in [-0.39, 0.29) is 28.2 Å². The minimum atomic E-state index is -0.894. The highest BCUT2D eigenvalue weighted by Gasteiger charge is 2.23. The van der Waals surface area contributed by atoms with Crippen LogP contribution in [0.4, 0.5) is 11.5 Å². The Morgan fingerprint density at radius 3 is 2.55 bits per heavy atom. The number of thioether (sulfide) groups is 1. The smallest absolute Gasteiger partial charge is 0.339 e. The van der Waals surface area contributed by atoms with Crippen molar-refractivity contribution in [3.05, 3.63) is 81.6 Å². The number of nitro groups is 1. The molecule has 0 fully saturated rings. The van der Waals surface area contributed by atoms with Gasteiger partial charge in [0.05, 0.1) is 15.4 Å². The number of nitro benzene ring substituents is 1. The number of esters is 1. The number of carbonyl (C=O) groups excluding carboxylic acids is 3. The van der Waals surface area contributed by atoms with Crippen LogP contribution in [-0.2, 0) is 9.53 Å². The molecule has 0 saturated heterocycles. The van der Waals surface area contributed by atoms with Crippen molar-refractivity contribution in [3.8, 4) is 0 Å². The molecule has 158 valence electrons. The molecule has 0 aliphatic rings. The van der Waals surface area contributed by atoms with Gasteiger partial charge in [-0.25, -0.2) is 4.79 Å². The highest BCUT2D eigenvalue weighted by atomic mass is 32.2. The molecule has 31 heavy (non-hydrogen) atoms. The van der Waals surface area contributed by atoms with Crippen LogP contribution in [0.25, 0.3) is 0 Å². The van der Waals surface area contributed by atoms with Crippen LogP contribution >= 0.6 is 11.8 Å². The van der Waals surface area contributed by atoms with Crippen LogP contribution in [0.3, 0.4) is 0 Å². The first-order chi connectivity index (χ1) is 14.9. The summed E-state index contributed by atoms with van der Waals surface area (Å²) in [7, 11) is 0. The van der Waals surface area contributed by atoms with Gasteiger partial charge in [-0.15, -0.1) is 11.8 Å². The van der Waals surface area contributed by atoms with E-state index >= 15 is 0 Å². The molecule has 1 heterocycles. The quantitative estimate of drug-likeness (QED) is 0.183. The van der Waals surface area contributed by atoms with Crippen LogP contribution in [0.2, 0.25) is 0 Å². The number of rotatable bonds is 8. The molecular weight excluding hydrogens is 426 g/mol. The summed E-state index contributed by atoms with van der Waals surface area (Å²) < 4.78 is 9.57. The van der Waals surface area contributed by atoms with E-state index in [2.05, 4.69) is 15.0 Å². The molecular formula is C20H15N3O7S. The van der Waals surface area contributed by atoms with Gasteiger partial charge in [0.15, 0.2) is 18.2 Å². The Kier molecular flexibility index (Phi) is 6.78. The highest BCUT2D eigenvalue weighted by molar-refractivity contribution is 7.98. The molecule has 0 unspecified atom stereocenters. The third kappa shape index (κ3) is 5.14. The predicted octanol–water partition coefficient (Wildman–Crippen LogP) is 3.33. The van der Waals surface area contributed by atoms with Gasteiger partial charge >= 0.3 is 5.97 Å². The third-order valence-electron chi connectivity index (χ3n) is 4.07. The van der Waals surface area contributed by atoms with E-state index < -0.39 is 29.2 Å². The summed E-state index contributed by atoms with van der Waals surface area (Å²) in [5, 5.41) is 17.2. The second kappa shape index (κ2) is 9.67. The van der Waals surface area contributed by atoms with E-state index in [0.29, 0.717) is 4.90 Å². The van der Waals surface area contributed by atoms with E-state index in [1.165, 1.54) is 60.5 Å². The summed E-state index contributed by atoms with van der Waals surface area (Å²) in [6.45, 7) is -0.609. The summed E-state index contributed by atoms with van der Waals surface area (Å²) in [5.41, 5.74) is -0.231. The first-order valence-electron chi connectivity index (χ1n) is 8.74. The number of ketones is 1. The van der Waals surface area contributed by atoms with Crippen molar-refractivity contribution in [1.29, 1.82) is 0 Å². The van der Waals surface area contributed by atoms with Crippen molar-refractivity contribution in [1.82, 2.24) is 5.16 Å². The number of hydrogen-bond acceptors (Lipinski definition) is 9. The maximum absolute atomic E-state index is 13.0. The van der Waals surface area contributed by atoms with E-state index in [4.69, 9.17) is 4.74 Å². The van der Waals surface area contributed by atoms with Gasteiger partial charge < -0.3 is 14.6 Å². The lowest BCUT2D eigenvalue weighted by atomic mass is 9.98.